The molecular weight excluding hydrogens is 80.0 g/mol. The predicted octanol–water partition coefficient (Wildman–Crippen LogP) is 0.447. The van der Waals surface area contributed by atoms with E-state index in [1.54, 1.807) is 0 Å². The predicted molar refractivity (Wildman–Crippen MR) is 19.8 cm³/mol. The van der Waals surface area contributed by atoms with Gasteiger partial charge in [0.05, 0.1) is 12.7 Å². The minimum Gasteiger partial charge on any atom is -0.435 e. The van der Waals surface area contributed by atoms with Crippen LogP contribution < -0.4 is 0 Å². The first-order chi connectivity index (χ1) is 3.30. The van der Waals surface area contributed by atoms with Crippen molar-refractivity contribution in [2.75, 3.05) is 0 Å². The van der Waals surface area contributed by atoms with Gasteiger partial charge in [0.2, 0.25) is 0 Å². The highest BCUT2D eigenvalue weighted by atomic mass is 16.5. The molecule has 1 aliphatic heterocycles. The molecule has 2 nitrogen and oxygen atoms in total. The maximum atomic E-state index is 10.1. The molecule has 0 amide bonds. The van der Waals surface area contributed by atoms with Crippen LogP contribution in [-0.2, 0) is 9.53 Å². The third-order valence-electron chi connectivity index (χ3n) is 0.495. The number of ether oxygens (including phenoxy) is 1. The number of hydrogen-bond acceptors (Lipinski definition) is 2. The Bertz CT molecular complexity index is 119. The molecule has 2 heteroatoms. The van der Waals surface area contributed by atoms with Gasteiger partial charge in [-0.1, -0.05) is 0 Å². The van der Waals surface area contributed by atoms with E-state index in [1.165, 1.54) is 12.3 Å². The lowest BCUT2D eigenvalue weighted by atomic mass is 10.5. The van der Waals surface area contributed by atoms with Gasteiger partial charge in [0.15, 0.2) is 0 Å². The second kappa shape index (κ2) is 1.12. The number of carbonyl (C=O) groups is 1. The van der Waals surface area contributed by atoms with E-state index in [9.17, 15) is 4.79 Å². The molecule has 0 bridgehead atoms. The molecule has 1 rings (SSSR count). The van der Waals surface area contributed by atoms with Crippen LogP contribution in [0.15, 0.2) is 12.3 Å². The Hall–Kier alpha value is -0.790. The van der Waals surface area contributed by atoms with Crippen LogP contribution in [0.5, 0.6) is 0 Å². The van der Waals surface area contributed by atoms with Gasteiger partial charge in [0, 0.05) is 1.37 Å². The molecule has 0 spiro atoms. The minimum absolute atomic E-state index is 0.486. The smallest absolute Gasteiger partial charge is 0.314 e. The fourth-order valence-electron chi connectivity index (χ4n) is 0.263. The lowest BCUT2D eigenvalue weighted by Gasteiger charge is -1.78. The van der Waals surface area contributed by atoms with Crippen molar-refractivity contribution in [2.45, 2.75) is 6.40 Å². The van der Waals surface area contributed by atoms with Crippen LogP contribution in [0, 0.1) is 0 Å². The maximum absolute atomic E-state index is 10.1. The monoisotopic (exact) mass is 85.0 g/mol. The average Bonchev–Trinajstić information content (AvgIpc) is 1.91. The normalized spacial score (nSPS) is 33.0. The van der Waals surface area contributed by atoms with Crippen LogP contribution in [0.1, 0.15) is 7.77 Å². The summed E-state index contributed by atoms with van der Waals surface area (Å²) in [6.07, 6.45) is 1.85. The summed E-state index contributed by atoms with van der Waals surface area (Å²) >= 11 is 0. The van der Waals surface area contributed by atoms with Crippen LogP contribution >= 0.6 is 0 Å². The zero-order chi connectivity index (χ0) is 5.28. The highest BCUT2D eigenvalue weighted by molar-refractivity contribution is 5.73. The average molecular weight is 85.1 g/mol. The van der Waals surface area contributed by atoms with Crippen molar-refractivity contribution in [3.05, 3.63) is 12.3 Å². The Kier molecular flexibility index (Phi) is 0.449. The summed E-state index contributed by atoms with van der Waals surface area (Å²) in [7, 11) is 0. The fraction of sp³-hybridized carbons (Fsp3) is 0.250. The third kappa shape index (κ3) is 0.407. The molecule has 1 heterocycles. The zero-order valence-corrected chi connectivity index (χ0v) is 3.05. The van der Waals surface area contributed by atoms with Gasteiger partial charge < -0.3 is 4.74 Å². The van der Waals surface area contributed by atoms with Gasteiger partial charge in [0.25, 0.3) is 0 Å². The van der Waals surface area contributed by atoms with E-state index in [0.29, 0.717) is 0 Å². The van der Waals surface area contributed by atoms with Crippen molar-refractivity contribution in [1.82, 2.24) is 0 Å². The Morgan fingerprint density at radius 2 is 3.00 bits per heavy atom. The van der Waals surface area contributed by atoms with Gasteiger partial charge in [-0.15, -0.1) is 0 Å². The SMILES string of the molecule is [2H]C1C=COC1=O. The van der Waals surface area contributed by atoms with Crippen LogP contribution in [0.25, 0.3) is 0 Å². The highest BCUT2D eigenvalue weighted by Crippen LogP contribution is 1.96. The van der Waals surface area contributed by atoms with Crippen molar-refractivity contribution in [3.8, 4) is 0 Å². The summed E-state index contributed by atoms with van der Waals surface area (Å²) in [6.45, 7) is 0. The van der Waals surface area contributed by atoms with E-state index >= 15 is 0 Å². The van der Waals surface area contributed by atoms with Crippen molar-refractivity contribution in [3.63, 3.8) is 0 Å². The maximum Gasteiger partial charge on any atom is 0.314 e. The van der Waals surface area contributed by atoms with E-state index in [1.807, 2.05) is 0 Å². The van der Waals surface area contributed by atoms with Gasteiger partial charge in [-0.05, 0) is 6.08 Å². The van der Waals surface area contributed by atoms with Gasteiger partial charge in [-0.2, -0.15) is 0 Å². The largest absolute Gasteiger partial charge is 0.435 e. The molecular formula is C4H4O2. The van der Waals surface area contributed by atoms with E-state index < -0.39 is 12.4 Å². The van der Waals surface area contributed by atoms with Crippen molar-refractivity contribution < 1.29 is 10.9 Å². The molecule has 0 radical (unpaired) electrons. The van der Waals surface area contributed by atoms with Gasteiger partial charge >= 0.3 is 5.97 Å². The molecule has 0 aliphatic carbocycles. The summed E-state index contributed by atoms with van der Waals surface area (Å²) in [5.41, 5.74) is 0. The number of carbonyl (C=O) groups excluding carboxylic acids is 1. The lowest BCUT2D eigenvalue weighted by molar-refractivity contribution is -0.135. The Morgan fingerprint density at radius 1 is 2.17 bits per heavy atom. The van der Waals surface area contributed by atoms with E-state index in [0.717, 1.165) is 0 Å². The number of esters is 1. The minimum atomic E-state index is -0.778. The van der Waals surface area contributed by atoms with Crippen molar-refractivity contribution in [2.24, 2.45) is 0 Å². The first-order valence-corrected chi connectivity index (χ1v) is 1.60. The first kappa shape index (κ1) is 2.39. The topological polar surface area (TPSA) is 26.3 Å². The third-order valence-corrected chi connectivity index (χ3v) is 0.495. The Balaban J connectivity index is 2.62. The summed E-state index contributed by atoms with van der Waals surface area (Å²) in [6, 6.07) is 0. The summed E-state index contributed by atoms with van der Waals surface area (Å²) in [5, 5.41) is 0. The van der Waals surface area contributed by atoms with Crippen LogP contribution in [0.3, 0.4) is 0 Å². The standard InChI is InChI=1S/C4H4O2/c5-4-2-1-3-6-4/h1,3H,2H2/i2D. The van der Waals surface area contributed by atoms with Gasteiger partial charge in [-0.3, -0.25) is 4.79 Å². The molecule has 1 unspecified atom stereocenters. The Morgan fingerprint density at radius 3 is 3.17 bits per heavy atom. The number of rotatable bonds is 0. The fourth-order valence-corrected chi connectivity index (χ4v) is 0.263. The van der Waals surface area contributed by atoms with E-state index in [4.69, 9.17) is 1.37 Å². The molecule has 0 saturated heterocycles. The molecule has 0 aromatic heterocycles. The molecule has 0 aromatic carbocycles. The number of cyclic esters (lactones) is 1. The molecule has 0 fully saturated rings. The molecule has 0 N–H and O–H groups in total. The highest BCUT2D eigenvalue weighted by Gasteiger charge is 2.00. The summed E-state index contributed by atoms with van der Waals surface area (Å²) in [5.74, 6) is -0.486. The lowest BCUT2D eigenvalue weighted by Crippen LogP contribution is -1.87. The summed E-state index contributed by atoms with van der Waals surface area (Å²) < 4.78 is 11.0. The number of hydrogen-bond donors (Lipinski definition) is 0. The van der Waals surface area contributed by atoms with E-state index in [-0.39, 0.29) is 0 Å². The summed E-state index contributed by atoms with van der Waals surface area (Å²) in [4.78, 5) is 10.1. The molecule has 1 aliphatic rings. The van der Waals surface area contributed by atoms with Crippen LogP contribution in [0.4, 0.5) is 0 Å². The zero-order valence-electron chi connectivity index (χ0n) is 4.05. The van der Waals surface area contributed by atoms with Crippen LogP contribution in [-0.4, -0.2) is 5.97 Å². The Labute approximate surface area is 36.8 Å². The van der Waals surface area contributed by atoms with Crippen molar-refractivity contribution in [1.29, 1.82) is 0 Å². The molecule has 6 heavy (non-hydrogen) atoms. The molecule has 0 saturated carbocycles. The second-order valence-electron chi connectivity index (χ2n) is 0.932. The van der Waals surface area contributed by atoms with Gasteiger partial charge in [0.1, 0.15) is 0 Å². The quantitative estimate of drug-likeness (QED) is 0.399. The molecule has 32 valence electrons. The first-order valence-electron chi connectivity index (χ1n) is 2.18. The molecule has 1 atom stereocenters. The van der Waals surface area contributed by atoms with E-state index in [2.05, 4.69) is 4.74 Å². The van der Waals surface area contributed by atoms with Crippen LogP contribution in [0.2, 0.25) is 0 Å². The van der Waals surface area contributed by atoms with Crippen molar-refractivity contribution >= 4 is 5.97 Å². The second-order valence-corrected chi connectivity index (χ2v) is 0.932. The van der Waals surface area contributed by atoms with Gasteiger partial charge in [-0.25, -0.2) is 0 Å². The molecule has 0 aromatic rings.